The Morgan fingerprint density at radius 2 is 1.13 bits per heavy atom. The number of hydrogen-bond acceptors (Lipinski definition) is 7. The van der Waals surface area contributed by atoms with Crippen molar-refractivity contribution in [3.63, 3.8) is 0 Å². The summed E-state index contributed by atoms with van der Waals surface area (Å²) in [4.78, 5) is 0. The molecule has 0 amide bonds. The zero-order chi connectivity index (χ0) is 41.5. The van der Waals surface area contributed by atoms with Crippen LogP contribution in [0, 0.1) is 0 Å². The minimum Gasteiger partial charge on any atom is -0.494 e. The van der Waals surface area contributed by atoms with Crippen molar-refractivity contribution < 1.29 is 33.2 Å². The van der Waals surface area contributed by atoms with Crippen LogP contribution in [0.15, 0.2) is 180 Å². The Morgan fingerprint density at radius 3 is 1.67 bits per heavy atom. The van der Waals surface area contributed by atoms with Crippen molar-refractivity contribution in [2.75, 3.05) is 19.8 Å². The molecule has 60 heavy (non-hydrogen) atoms. The van der Waals surface area contributed by atoms with Crippen LogP contribution in [0.1, 0.15) is 48.1 Å². The third-order valence-corrected chi connectivity index (χ3v) is 11.3. The molecule has 0 saturated carbocycles. The molecule has 7 rings (SSSR count). The van der Waals surface area contributed by atoms with Crippen molar-refractivity contribution in [2.45, 2.75) is 83.6 Å². The van der Waals surface area contributed by atoms with Gasteiger partial charge in [-0.1, -0.05) is 152 Å². The van der Waals surface area contributed by atoms with Gasteiger partial charge in [-0.2, -0.15) is 0 Å². The summed E-state index contributed by atoms with van der Waals surface area (Å²) in [5, 5.41) is 0.568. The molecule has 312 valence electrons. The second-order valence-electron chi connectivity index (χ2n) is 15.2. The highest BCUT2D eigenvalue weighted by Gasteiger charge is 2.50. The van der Waals surface area contributed by atoms with Crippen LogP contribution < -0.4 is 4.74 Å². The number of ether oxygens (including phenoxy) is 7. The standard InChI is InChI=1S/C52H55ClO7/c1-4-55-44-27-25-39(26-28-44)31-37(2)47(53)49-45(29-30-56-49)38(3)48-51(58-34-42-21-13-7-14-22-42)52(59-35-43-23-15-8-16-24-43)50(57-33-41-19-11-6-12-20-41)46(60-48)36-54-32-40-17-9-5-10-18-40/h5-28,46,48,50-52H,3-4,29-36H2,1-2H3/b47-37-/t46-,48+,50-,51+,52+/m1/s1. The van der Waals surface area contributed by atoms with Gasteiger partial charge in [-0.25, -0.2) is 0 Å². The molecule has 2 heterocycles. The van der Waals surface area contributed by atoms with Gasteiger partial charge in [0.2, 0.25) is 0 Å². The highest BCUT2D eigenvalue weighted by molar-refractivity contribution is 6.32. The summed E-state index contributed by atoms with van der Waals surface area (Å²) < 4.78 is 46.4. The number of hydrogen-bond donors (Lipinski definition) is 0. The van der Waals surface area contributed by atoms with Crippen LogP contribution in [0.3, 0.4) is 0 Å². The quantitative estimate of drug-likeness (QED) is 0.0774. The number of benzene rings is 5. The first-order valence-corrected chi connectivity index (χ1v) is 21.2. The lowest BCUT2D eigenvalue weighted by Gasteiger charge is -2.47. The van der Waals surface area contributed by atoms with E-state index in [9.17, 15) is 0 Å². The third kappa shape index (κ3) is 11.6. The number of rotatable bonds is 20. The molecule has 1 fully saturated rings. The van der Waals surface area contributed by atoms with E-state index in [0.29, 0.717) is 63.3 Å². The summed E-state index contributed by atoms with van der Waals surface area (Å²) in [5.41, 5.74) is 7.90. The number of allylic oxidation sites excluding steroid dienone is 2. The van der Waals surface area contributed by atoms with Crippen LogP contribution in [0.25, 0.3) is 0 Å². The highest BCUT2D eigenvalue weighted by Crippen LogP contribution is 2.41. The first-order valence-electron chi connectivity index (χ1n) is 20.8. The molecule has 2 aliphatic rings. The van der Waals surface area contributed by atoms with Crippen molar-refractivity contribution in [1.29, 1.82) is 0 Å². The smallest absolute Gasteiger partial charge is 0.141 e. The van der Waals surface area contributed by atoms with E-state index in [1.54, 1.807) is 0 Å². The molecule has 5 aromatic rings. The summed E-state index contributed by atoms with van der Waals surface area (Å²) in [6, 6.07) is 48.7. The lowest BCUT2D eigenvalue weighted by molar-refractivity contribution is -0.264. The Hall–Kier alpha value is -4.99. The summed E-state index contributed by atoms with van der Waals surface area (Å²) in [5.74, 6) is 1.46. The Labute approximate surface area is 360 Å². The van der Waals surface area contributed by atoms with E-state index in [0.717, 1.165) is 50.3 Å². The van der Waals surface area contributed by atoms with E-state index in [2.05, 4.69) is 60.7 Å². The second kappa shape index (κ2) is 22.0. The monoisotopic (exact) mass is 826 g/mol. The van der Waals surface area contributed by atoms with Gasteiger partial charge in [0.1, 0.15) is 42.0 Å². The van der Waals surface area contributed by atoms with E-state index < -0.39 is 30.5 Å². The maximum Gasteiger partial charge on any atom is 0.141 e. The molecule has 0 radical (unpaired) electrons. The highest BCUT2D eigenvalue weighted by atomic mass is 35.5. The van der Waals surface area contributed by atoms with Crippen molar-refractivity contribution in [3.8, 4) is 5.75 Å². The van der Waals surface area contributed by atoms with Crippen LogP contribution in [0.5, 0.6) is 5.75 Å². The minimum atomic E-state index is -0.654. The van der Waals surface area contributed by atoms with Crippen LogP contribution >= 0.6 is 11.6 Å². The molecule has 0 spiro atoms. The van der Waals surface area contributed by atoms with E-state index in [-0.39, 0.29) is 6.61 Å². The largest absolute Gasteiger partial charge is 0.494 e. The van der Waals surface area contributed by atoms with Gasteiger partial charge in [0.05, 0.1) is 51.3 Å². The molecule has 7 nitrogen and oxygen atoms in total. The number of halogens is 1. The lowest BCUT2D eigenvalue weighted by Crippen LogP contribution is -2.61. The summed E-state index contributed by atoms with van der Waals surface area (Å²) in [7, 11) is 0. The van der Waals surface area contributed by atoms with Gasteiger partial charge >= 0.3 is 0 Å². The maximum atomic E-state index is 7.24. The van der Waals surface area contributed by atoms with Crippen molar-refractivity contribution in [2.24, 2.45) is 0 Å². The van der Waals surface area contributed by atoms with Crippen LogP contribution in [-0.4, -0.2) is 50.3 Å². The Kier molecular flexibility index (Phi) is 15.8. The molecule has 1 saturated heterocycles. The molecule has 5 aromatic carbocycles. The van der Waals surface area contributed by atoms with Gasteiger partial charge in [0.25, 0.3) is 0 Å². The minimum absolute atomic E-state index is 0.249. The van der Waals surface area contributed by atoms with E-state index in [4.69, 9.17) is 51.3 Å². The molecule has 0 aromatic heterocycles. The van der Waals surface area contributed by atoms with Crippen molar-refractivity contribution in [3.05, 3.63) is 207 Å². The molecule has 0 unspecified atom stereocenters. The van der Waals surface area contributed by atoms with Gasteiger partial charge in [-0.3, -0.25) is 0 Å². The average molecular weight is 827 g/mol. The van der Waals surface area contributed by atoms with Gasteiger partial charge < -0.3 is 33.2 Å². The van der Waals surface area contributed by atoms with E-state index in [1.807, 2.05) is 98.8 Å². The van der Waals surface area contributed by atoms with Crippen molar-refractivity contribution >= 4 is 11.6 Å². The fraction of sp³-hybridized carbons (Fsp3) is 0.308. The summed E-state index contributed by atoms with van der Waals surface area (Å²) >= 11 is 7.24. The summed E-state index contributed by atoms with van der Waals surface area (Å²) in [6.07, 6.45) is -1.72. The molecular weight excluding hydrogens is 772 g/mol. The van der Waals surface area contributed by atoms with Crippen LogP contribution in [0.4, 0.5) is 0 Å². The predicted octanol–water partition coefficient (Wildman–Crippen LogP) is 11.1. The van der Waals surface area contributed by atoms with Crippen LogP contribution in [0.2, 0.25) is 0 Å². The Balaban J connectivity index is 1.24. The summed E-state index contributed by atoms with van der Waals surface area (Å²) in [6.45, 7) is 11.5. The normalized spacial score (nSPS) is 20.7. The SMILES string of the molecule is C=C(C1=C(/C(Cl)=C(\C)Cc2ccc(OCC)cc2)OCC1)[C@@H]1O[C@H](COCc2ccccc2)[C@@H](OCc2ccccc2)[C@H](OCc2ccccc2)[C@H]1OCc1ccccc1. The fourth-order valence-corrected chi connectivity index (χ4v) is 7.88. The Morgan fingerprint density at radius 1 is 0.633 bits per heavy atom. The van der Waals surface area contributed by atoms with E-state index >= 15 is 0 Å². The fourth-order valence-electron chi connectivity index (χ4n) is 7.65. The second-order valence-corrected chi connectivity index (χ2v) is 15.5. The topological polar surface area (TPSA) is 64.6 Å². The molecule has 2 aliphatic heterocycles. The van der Waals surface area contributed by atoms with Crippen LogP contribution in [-0.2, 0) is 61.3 Å². The maximum absolute atomic E-state index is 7.24. The average Bonchev–Trinajstić information content (AvgIpc) is 3.79. The van der Waals surface area contributed by atoms with Gasteiger partial charge in [-0.15, -0.1) is 0 Å². The molecule has 0 aliphatic carbocycles. The zero-order valence-electron chi connectivity index (χ0n) is 34.5. The Bertz CT molecular complexity index is 2140. The predicted molar refractivity (Wildman–Crippen MR) is 236 cm³/mol. The van der Waals surface area contributed by atoms with Crippen molar-refractivity contribution in [1.82, 2.24) is 0 Å². The first-order chi connectivity index (χ1) is 29.5. The van der Waals surface area contributed by atoms with Gasteiger partial charge in [-0.05, 0) is 71.4 Å². The van der Waals surface area contributed by atoms with Gasteiger partial charge in [0.15, 0.2) is 0 Å². The molecular formula is C52H55ClO7. The third-order valence-electron chi connectivity index (χ3n) is 10.8. The zero-order valence-corrected chi connectivity index (χ0v) is 35.3. The lowest BCUT2D eigenvalue weighted by atomic mass is 9.87. The van der Waals surface area contributed by atoms with Gasteiger partial charge in [0, 0.05) is 12.0 Å². The molecule has 0 N–H and O–H groups in total. The first kappa shape index (κ1) is 43.1. The van der Waals surface area contributed by atoms with E-state index in [1.165, 1.54) is 0 Å². The molecule has 8 heteroatoms. The molecule has 0 bridgehead atoms. The molecule has 5 atom stereocenters.